The van der Waals surface area contributed by atoms with Crippen molar-refractivity contribution in [3.05, 3.63) is 53.6 Å². The Balaban J connectivity index is 2.18. The van der Waals surface area contributed by atoms with Crippen molar-refractivity contribution >= 4 is 11.7 Å². The lowest BCUT2D eigenvalue weighted by Gasteiger charge is -2.12. The number of carbonyl (C=O) groups excluding carboxylic acids is 1. The number of ether oxygens (including phenoxy) is 3. The minimum Gasteiger partial charge on any atom is -0.497 e. The van der Waals surface area contributed by atoms with E-state index in [-0.39, 0.29) is 17.9 Å². The molecular formula is C16H17NO4. The molecule has 2 aromatic carbocycles. The minimum absolute atomic E-state index is 0.179. The highest BCUT2D eigenvalue weighted by Gasteiger charge is 2.17. The number of anilines is 1. The van der Waals surface area contributed by atoms with Gasteiger partial charge in [-0.15, -0.1) is 0 Å². The SMILES string of the molecule is COc1cc(OC)c(N)c(C(=O)OCc2ccccc2)c1. The van der Waals surface area contributed by atoms with E-state index in [4.69, 9.17) is 19.9 Å². The minimum atomic E-state index is -0.520. The number of nitrogen functional groups attached to an aromatic ring is 1. The lowest BCUT2D eigenvalue weighted by molar-refractivity contribution is 0.0473. The topological polar surface area (TPSA) is 70.8 Å². The van der Waals surface area contributed by atoms with Crippen LogP contribution < -0.4 is 15.2 Å². The van der Waals surface area contributed by atoms with Gasteiger partial charge in [-0.3, -0.25) is 0 Å². The largest absolute Gasteiger partial charge is 0.497 e. The number of rotatable bonds is 5. The maximum absolute atomic E-state index is 12.2. The summed E-state index contributed by atoms with van der Waals surface area (Å²) >= 11 is 0. The average Bonchev–Trinajstić information content (AvgIpc) is 2.53. The molecule has 5 heteroatoms. The van der Waals surface area contributed by atoms with Crippen LogP contribution in [0.15, 0.2) is 42.5 Å². The zero-order valence-corrected chi connectivity index (χ0v) is 12.0. The van der Waals surface area contributed by atoms with Crippen LogP contribution in [0.5, 0.6) is 11.5 Å². The molecule has 0 aliphatic carbocycles. The molecule has 0 unspecified atom stereocenters. The summed E-state index contributed by atoms with van der Waals surface area (Å²) in [4.78, 5) is 12.2. The summed E-state index contributed by atoms with van der Waals surface area (Å²) in [6.45, 7) is 0.179. The van der Waals surface area contributed by atoms with Crippen LogP contribution in [0.4, 0.5) is 5.69 Å². The zero-order valence-electron chi connectivity index (χ0n) is 12.0. The van der Waals surface area contributed by atoms with E-state index in [0.29, 0.717) is 11.5 Å². The van der Waals surface area contributed by atoms with Crippen molar-refractivity contribution in [2.45, 2.75) is 6.61 Å². The van der Waals surface area contributed by atoms with Crippen molar-refractivity contribution < 1.29 is 19.0 Å². The van der Waals surface area contributed by atoms with Crippen molar-refractivity contribution in [3.63, 3.8) is 0 Å². The van der Waals surface area contributed by atoms with E-state index in [1.165, 1.54) is 20.3 Å². The van der Waals surface area contributed by atoms with Gasteiger partial charge in [-0.05, 0) is 11.6 Å². The van der Waals surface area contributed by atoms with Gasteiger partial charge in [0, 0.05) is 6.07 Å². The quantitative estimate of drug-likeness (QED) is 0.676. The van der Waals surface area contributed by atoms with Crippen LogP contribution in [-0.2, 0) is 11.3 Å². The van der Waals surface area contributed by atoms with Crippen LogP contribution in [0.2, 0.25) is 0 Å². The monoisotopic (exact) mass is 287 g/mol. The molecule has 2 N–H and O–H groups in total. The summed E-state index contributed by atoms with van der Waals surface area (Å²) in [6, 6.07) is 12.6. The fraction of sp³-hybridized carbons (Fsp3) is 0.188. The van der Waals surface area contributed by atoms with E-state index in [9.17, 15) is 4.79 Å². The van der Waals surface area contributed by atoms with E-state index in [1.54, 1.807) is 6.07 Å². The fourth-order valence-corrected chi connectivity index (χ4v) is 1.86. The molecule has 0 aromatic heterocycles. The molecule has 2 aromatic rings. The highest BCUT2D eigenvalue weighted by atomic mass is 16.5. The maximum atomic E-state index is 12.2. The fourth-order valence-electron chi connectivity index (χ4n) is 1.86. The van der Waals surface area contributed by atoms with E-state index in [1.807, 2.05) is 30.3 Å². The Bertz CT molecular complexity index is 626. The molecule has 0 saturated heterocycles. The summed E-state index contributed by atoms with van der Waals surface area (Å²) < 4.78 is 15.5. The third-order valence-corrected chi connectivity index (χ3v) is 3.00. The molecule has 0 spiro atoms. The Kier molecular flexibility index (Phi) is 4.66. The lowest BCUT2D eigenvalue weighted by atomic mass is 10.1. The van der Waals surface area contributed by atoms with Crippen molar-refractivity contribution in [3.8, 4) is 11.5 Å². The molecule has 21 heavy (non-hydrogen) atoms. The first kappa shape index (κ1) is 14.7. The van der Waals surface area contributed by atoms with Gasteiger partial charge in [-0.2, -0.15) is 0 Å². The molecule has 0 amide bonds. The first-order valence-corrected chi connectivity index (χ1v) is 6.38. The molecule has 0 bridgehead atoms. The van der Waals surface area contributed by atoms with Gasteiger partial charge in [0.2, 0.25) is 0 Å². The standard InChI is InChI=1S/C16H17NO4/c1-19-12-8-13(15(17)14(9-12)20-2)16(18)21-10-11-6-4-3-5-7-11/h3-9H,10,17H2,1-2H3. The average molecular weight is 287 g/mol. The first-order valence-electron chi connectivity index (χ1n) is 6.38. The van der Waals surface area contributed by atoms with Gasteiger partial charge in [-0.25, -0.2) is 4.79 Å². The van der Waals surface area contributed by atoms with Gasteiger partial charge in [0.15, 0.2) is 0 Å². The van der Waals surface area contributed by atoms with Gasteiger partial charge in [0.05, 0.1) is 25.5 Å². The highest BCUT2D eigenvalue weighted by Crippen LogP contribution is 2.31. The third kappa shape index (κ3) is 3.45. The van der Waals surface area contributed by atoms with Gasteiger partial charge in [0.25, 0.3) is 0 Å². The molecule has 2 rings (SSSR count). The molecule has 0 radical (unpaired) electrons. The summed E-state index contributed by atoms with van der Waals surface area (Å²) in [5.74, 6) is 0.335. The molecule has 0 heterocycles. The molecule has 5 nitrogen and oxygen atoms in total. The number of benzene rings is 2. The molecule has 0 fully saturated rings. The van der Waals surface area contributed by atoms with E-state index in [0.717, 1.165) is 5.56 Å². The Morgan fingerprint density at radius 2 is 1.81 bits per heavy atom. The predicted molar refractivity (Wildman–Crippen MR) is 79.5 cm³/mol. The second-order valence-corrected chi connectivity index (χ2v) is 4.35. The van der Waals surface area contributed by atoms with Gasteiger partial charge >= 0.3 is 5.97 Å². The Morgan fingerprint density at radius 3 is 2.43 bits per heavy atom. The van der Waals surface area contributed by atoms with Crippen LogP contribution in [0.3, 0.4) is 0 Å². The Labute approximate surface area is 123 Å². The van der Waals surface area contributed by atoms with Crippen LogP contribution in [0.1, 0.15) is 15.9 Å². The van der Waals surface area contributed by atoms with Crippen LogP contribution in [0, 0.1) is 0 Å². The number of methoxy groups -OCH3 is 2. The number of nitrogens with two attached hydrogens (primary N) is 1. The van der Waals surface area contributed by atoms with Gasteiger partial charge < -0.3 is 19.9 Å². The van der Waals surface area contributed by atoms with Gasteiger partial charge in [-0.1, -0.05) is 30.3 Å². The van der Waals surface area contributed by atoms with Crippen molar-refractivity contribution in [2.24, 2.45) is 0 Å². The third-order valence-electron chi connectivity index (χ3n) is 3.00. The molecular weight excluding hydrogens is 270 g/mol. The highest BCUT2D eigenvalue weighted by molar-refractivity contribution is 5.97. The van der Waals surface area contributed by atoms with Crippen molar-refractivity contribution in [2.75, 3.05) is 20.0 Å². The summed E-state index contributed by atoms with van der Waals surface area (Å²) in [7, 11) is 2.98. The van der Waals surface area contributed by atoms with Crippen LogP contribution in [0.25, 0.3) is 0 Å². The van der Waals surface area contributed by atoms with Crippen LogP contribution in [-0.4, -0.2) is 20.2 Å². The summed E-state index contributed by atoms with van der Waals surface area (Å²) in [5.41, 5.74) is 7.26. The lowest BCUT2D eigenvalue weighted by Crippen LogP contribution is -2.09. The predicted octanol–water partition coefficient (Wildman–Crippen LogP) is 2.64. The second kappa shape index (κ2) is 6.65. The molecule has 0 aliphatic rings. The number of carbonyl (C=O) groups is 1. The second-order valence-electron chi connectivity index (χ2n) is 4.35. The van der Waals surface area contributed by atoms with Crippen molar-refractivity contribution in [1.29, 1.82) is 0 Å². The molecule has 0 atom stereocenters. The molecule has 0 aliphatic heterocycles. The zero-order chi connectivity index (χ0) is 15.2. The van der Waals surface area contributed by atoms with Gasteiger partial charge in [0.1, 0.15) is 18.1 Å². The maximum Gasteiger partial charge on any atom is 0.340 e. The van der Waals surface area contributed by atoms with E-state index < -0.39 is 5.97 Å². The Hall–Kier alpha value is -2.69. The number of hydrogen-bond donors (Lipinski definition) is 1. The first-order chi connectivity index (χ1) is 10.2. The normalized spacial score (nSPS) is 10.0. The Morgan fingerprint density at radius 1 is 1.10 bits per heavy atom. The smallest absolute Gasteiger partial charge is 0.340 e. The molecule has 0 saturated carbocycles. The molecule has 110 valence electrons. The van der Waals surface area contributed by atoms with E-state index in [2.05, 4.69) is 0 Å². The van der Waals surface area contributed by atoms with Crippen LogP contribution >= 0.6 is 0 Å². The van der Waals surface area contributed by atoms with E-state index >= 15 is 0 Å². The number of hydrogen-bond acceptors (Lipinski definition) is 5. The van der Waals surface area contributed by atoms with Crippen molar-refractivity contribution in [1.82, 2.24) is 0 Å². The summed E-state index contributed by atoms with van der Waals surface area (Å²) in [5, 5.41) is 0. The number of esters is 1. The summed E-state index contributed by atoms with van der Waals surface area (Å²) in [6.07, 6.45) is 0.